The molecule has 0 saturated carbocycles. The van der Waals surface area contributed by atoms with Gasteiger partial charge < -0.3 is 4.90 Å². The maximum atomic E-state index is 4.79. The first-order valence-corrected chi connectivity index (χ1v) is 9.43. The fourth-order valence-corrected chi connectivity index (χ4v) is 3.58. The molecule has 2 heterocycles. The Labute approximate surface area is 137 Å². The summed E-state index contributed by atoms with van der Waals surface area (Å²) in [6.45, 7) is 11.4. The van der Waals surface area contributed by atoms with Crippen LogP contribution in [-0.4, -0.2) is 57.6 Å². The van der Waals surface area contributed by atoms with Crippen LogP contribution in [0.25, 0.3) is 0 Å². The van der Waals surface area contributed by atoms with Gasteiger partial charge in [0, 0.05) is 37.7 Å². The smallest absolute Gasteiger partial charge is 0.0764 e. The Hall–Kier alpha value is -0.390. The lowest BCUT2D eigenvalue weighted by molar-refractivity contribution is 0.255. The first kappa shape index (κ1) is 17.0. The maximum absolute atomic E-state index is 4.79. The zero-order chi connectivity index (χ0) is 15.1. The fraction of sp³-hybridized carbons (Fsp3) is 0.812. The molecule has 0 aliphatic carbocycles. The minimum atomic E-state index is 0.553. The van der Waals surface area contributed by atoms with Crippen LogP contribution in [-0.2, 0) is 6.54 Å². The molecular weight excluding hydrogens is 328 g/mol. The van der Waals surface area contributed by atoms with E-state index in [1.807, 2.05) is 0 Å². The van der Waals surface area contributed by atoms with Crippen LogP contribution in [0.4, 0.5) is 0 Å². The molecule has 0 bridgehead atoms. The Morgan fingerprint density at radius 2 is 1.86 bits per heavy atom. The van der Waals surface area contributed by atoms with Gasteiger partial charge in [0.2, 0.25) is 0 Å². The summed E-state index contributed by atoms with van der Waals surface area (Å²) in [5.41, 5.74) is 1.22. The molecule has 0 aromatic carbocycles. The van der Waals surface area contributed by atoms with Gasteiger partial charge in [-0.25, -0.2) is 0 Å². The zero-order valence-corrected chi connectivity index (χ0v) is 15.1. The minimum absolute atomic E-state index is 0.553. The van der Waals surface area contributed by atoms with Gasteiger partial charge >= 0.3 is 0 Å². The molecule has 0 atom stereocenters. The first-order chi connectivity index (χ1) is 10.3. The van der Waals surface area contributed by atoms with Gasteiger partial charge in [-0.3, -0.25) is 9.58 Å². The van der Waals surface area contributed by atoms with Crippen molar-refractivity contribution in [2.24, 2.45) is 0 Å². The molecule has 0 amide bonds. The second-order valence-electron chi connectivity index (χ2n) is 5.92. The Morgan fingerprint density at radius 3 is 2.57 bits per heavy atom. The van der Waals surface area contributed by atoms with E-state index in [1.165, 1.54) is 31.7 Å². The third-order valence-electron chi connectivity index (χ3n) is 4.45. The standard InChI is InChI=1S/C16H29BrN4/c1-3-16(4-2)21-10-6-15(18-21)14-20-9-5-8-19(11-7-17)12-13-20/h6,10,16H,3-5,7-9,11-14H2,1-2H3. The topological polar surface area (TPSA) is 24.3 Å². The lowest BCUT2D eigenvalue weighted by Gasteiger charge is -2.20. The summed E-state index contributed by atoms with van der Waals surface area (Å²) in [5.74, 6) is 0. The Bertz CT molecular complexity index is 403. The summed E-state index contributed by atoms with van der Waals surface area (Å²) < 4.78 is 2.16. The number of alkyl halides is 1. The van der Waals surface area contributed by atoms with Crippen LogP contribution in [0, 0.1) is 0 Å². The van der Waals surface area contributed by atoms with Crippen molar-refractivity contribution < 1.29 is 0 Å². The van der Waals surface area contributed by atoms with Gasteiger partial charge in [-0.05, 0) is 38.4 Å². The summed E-state index contributed by atoms with van der Waals surface area (Å²) >= 11 is 3.54. The molecule has 1 aliphatic heterocycles. The number of nitrogens with zero attached hydrogens (tertiary/aromatic N) is 4. The lowest BCUT2D eigenvalue weighted by atomic mass is 10.2. The summed E-state index contributed by atoms with van der Waals surface area (Å²) in [7, 11) is 0. The molecule has 21 heavy (non-hydrogen) atoms. The highest BCUT2D eigenvalue weighted by Gasteiger charge is 2.16. The van der Waals surface area contributed by atoms with Crippen LogP contribution in [0.1, 0.15) is 44.8 Å². The van der Waals surface area contributed by atoms with Gasteiger partial charge in [-0.2, -0.15) is 5.10 Å². The normalized spacial score (nSPS) is 18.3. The second kappa shape index (κ2) is 8.91. The molecule has 1 aliphatic rings. The van der Waals surface area contributed by atoms with Crippen molar-refractivity contribution in [2.45, 2.75) is 45.7 Å². The minimum Gasteiger partial charge on any atom is -0.301 e. The summed E-state index contributed by atoms with van der Waals surface area (Å²) in [6.07, 6.45) is 5.73. The largest absolute Gasteiger partial charge is 0.301 e. The number of hydrogen-bond acceptors (Lipinski definition) is 3. The molecule has 1 aromatic heterocycles. The molecule has 0 unspecified atom stereocenters. The molecular formula is C16H29BrN4. The van der Waals surface area contributed by atoms with E-state index in [4.69, 9.17) is 5.10 Å². The lowest BCUT2D eigenvalue weighted by Crippen LogP contribution is -2.31. The van der Waals surface area contributed by atoms with Crippen molar-refractivity contribution in [3.8, 4) is 0 Å². The van der Waals surface area contributed by atoms with Gasteiger partial charge in [-0.1, -0.05) is 29.8 Å². The quantitative estimate of drug-likeness (QED) is 0.701. The highest BCUT2D eigenvalue weighted by atomic mass is 79.9. The van der Waals surface area contributed by atoms with Gasteiger partial charge in [-0.15, -0.1) is 0 Å². The number of halogens is 1. The summed E-state index contributed by atoms with van der Waals surface area (Å²) in [5, 5.41) is 5.86. The van der Waals surface area contributed by atoms with Gasteiger partial charge in [0.25, 0.3) is 0 Å². The van der Waals surface area contributed by atoms with Crippen molar-refractivity contribution in [3.05, 3.63) is 18.0 Å². The van der Waals surface area contributed by atoms with E-state index in [0.29, 0.717) is 6.04 Å². The van der Waals surface area contributed by atoms with E-state index in [1.54, 1.807) is 0 Å². The zero-order valence-electron chi connectivity index (χ0n) is 13.5. The number of hydrogen-bond donors (Lipinski definition) is 0. The van der Waals surface area contributed by atoms with Crippen molar-refractivity contribution in [1.82, 2.24) is 19.6 Å². The molecule has 1 fully saturated rings. The van der Waals surface area contributed by atoms with E-state index >= 15 is 0 Å². The second-order valence-corrected chi connectivity index (χ2v) is 6.71. The summed E-state index contributed by atoms with van der Waals surface area (Å²) in [4.78, 5) is 5.10. The van der Waals surface area contributed by atoms with Crippen LogP contribution in [0.5, 0.6) is 0 Å². The van der Waals surface area contributed by atoms with E-state index in [-0.39, 0.29) is 0 Å². The van der Waals surface area contributed by atoms with Gasteiger partial charge in [0.05, 0.1) is 11.7 Å². The van der Waals surface area contributed by atoms with Crippen LogP contribution in [0.3, 0.4) is 0 Å². The van der Waals surface area contributed by atoms with Crippen LogP contribution >= 0.6 is 15.9 Å². The molecule has 2 rings (SSSR count). The van der Waals surface area contributed by atoms with Gasteiger partial charge in [0.15, 0.2) is 0 Å². The van der Waals surface area contributed by atoms with Crippen LogP contribution in [0.2, 0.25) is 0 Å². The molecule has 0 spiro atoms. The van der Waals surface area contributed by atoms with E-state index in [0.717, 1.165) is 37.8 Å². The van der Waals surface area contributed by atoms with Crippen LogP contribution < -0.4 is 0 Å². The first-order valence-electron chi connectivity index (χ1n) is 8.31. The SMILES string of the molecule is CCC(CC)n1ccc(CN2CCCN(CCBr)CC2)n1. The Morgan fingerprint density at radius 1 is 1.14 bits per heavy atom. The number of rotatable bonds is 7. The summed E-state index contributed by atoms with van der Waals surface area (Å²) in [6, 6.07) is 2.75. The van der Waals surface area contributed by atoms with Crippen molar-refractivity contribution in [3.63, 3.8) is 0 Å². The average Bonchev–Trinajstić information content (AvgIpc) is 2.82. The molecule has 1 aromatic rings. The van der Waals surface area contributed by atoms with Gasteiger partial charge in [0.1, 0.15) is 0 Å². The Balaban J connectivity index is 1.87. The predicted molar refractivity (Wildman–Crippen MR) is 92.0 cm³/mol. The molecule has 0 N–H and O–H groups in total. The third-order valence-corrected chi connectivity index (χ3v) is 4.80. The molecule has 5 heteroatoms. The predicted octanol–water partition coefficient (Wildman–Crippen LogP) is 3.15. The number of aromatic nitrogens is 2. The molecule has 120 valence electrons. The highest BCUT2D eigenvalue weighted by Crippen LogP contribution is 2.15. The van der Waals surface area contributed by atoms with E-state index in [2.05, 4.69) is 56.5 Å². The molecule has 0 radical (unpaired) electrons. The van der Waals surface area contributed by atoms with E-state index in [9.17, 15) is 0 Å². The maximum Gasteiger partial charge on any atom is 0.0764 e. The fourth-order valence-electron chi connectivity index (χ4n) is 3.08. The molecule has 4 nitrogen and oxygen atoms in total. The van der Waals surface area contributed by atoms with Crippen molar-refractivity contribution in [1.29, 1.82) is 0 Å². The van der Waals surface area contributed by atoms with Crippen molar-refractivity contribution >= 4 is 15.9 Å². The monoisotopic (exact) mass is 356 g/mol. The highest BCUT2D eigenvalue weighted by molar-refractivity contribution is 9.09. The van der Waals surface area contributed by atoms with Crippen molar-refractivity contribution in [2.75, 3.05) is 38.1 Å². The Kier molecular flexibility index (Phi) is 7.20. The molecule has 1 saturated heterocycles. The van der Waals surface area contributed by atoms with Crippen LogP contribution in [0.15, 0.2) is 12.3 Å². The average molecular weight is 357 g/mol. The van der Waals surface area contributed by atoms with E-state index < -0.39 is 0 Å². The third kappa shape index (κ3) is 5.08.